The van der Waals surface area contributed by atoms with Gasteiger partial charge in [0.2, 0.25) is 0 Å². The summed E-state index contributed by atoms with van der Waals surface area (Å²) in [7, 11) is 2.09. The Hall–Kier alpha value is -1.83. The number of nitrogens with zero attached hydrogens (tertiary/aromatic N) is 1. The fourth-order valence-electron chi connectivity index (χ4n) is 4.39. The molecule has 1 N–H and O–H groups in total. The summed E-state index contributed by atoms with van der Waals surface area (Å²) in [4.78, 5) is 13.1. The topological polar surface area (TPSA) is 46.5 Å². The molecule has 0 radical (unpaired) electrons. The van der Waals surface area contributed by atoms with Gasteiger partial charge in [-0.1, -0.05) is 43.2 Å². The Kier molecular flexibility index (Phi) is 5.17. The summed E-state index contributed by atoms with van der Waals surface area (Å²) in [6.45, 7) is 2.25. The van der Waals surface area contributed by atoms with Gasteiger partial charge in [-0.15, -0.1) is 6.42 Å². The Balaban J connectivity index is 1.78. The van der Waals surface area contributed by atoms with Crippen LogP contribution >= 0.6 is 0 Å². The number of carbonyl (C=O) groups excluding carboxylic acids is 1. The highest BCUT2D eigenvalue weighted by atomic mass is 16.6. The average molecular weight is 342 g/mol. The highest BCUT2D eigenvalue weighted by molar-refractivity contribution is 5.81. The Morgan fingerprint density at radius 1 is 1.32 bits per heavy atom. The number of ether oxygens (including phenoxy) is 1. The van der Waals surface area contributed by atoms with Gasteiger partial charge in [-0.3, -0.25) is 0 Å². The van der Waals surface area contributed by atoms with Crippen LogP contribution in [0.5, 0.6) is 0 Å². The highest BCUT2D eigenvalue weighted by Crippen LogP contribution is 2.42. The lowest BCUT2D eigenvalue weighted by atomic mass is 9.80. The van der Waals surface area contributed by atoms with Crippen LogP contribution < -0.4 is 0 Å². The molecule has 2 aliphatic rings. The zero-order valence-corrected chi connectivity index (χ0v) is 15.0. The minimum absolute atomic E-state index is 0.0737. The molecular weight excluding hydrogens is 314 g/mol. The lowest BCUT2D eigenvalue weighted by molar-refractivity contribution is -0.891. The predicted molar refractivity (Wildman–Crippen MR) is 96.4 cm³/mol. The molecule has 4 heteroatoms. The molecule has 1 aliphatic heterocycles. The van der Waals surface area contributed by atoms with E-state index in [1.54, 1.807) is 0 Å². The second kappa shape index (κ2) is 7.19. The maximum Gasteiger partial charge on any atom is 0.343 e. The number of terminal acetylenes is 1. The molecule has 1 aromatic rings. The van der Waals surface area contributed by atoms with Gasteiger partial charge in [0.25, 0.3) is 0 Å². The summed E-state index contributed by atoms with van der Waals surface area (Å²) >= 11 is 0. The van der Waals surface area contributed by atoms with Crippen molar-refractivity contribution in [2.45, 2.75) is 43.8 Å². The first kappa shape index (κ1) is 18.0. The van der Waals surface area contributed by atoms with Gasteiger partial charge in [-0.2, -0.15) is 0 Å². The van der Waals surface area contributed by atoms with E-state index in [1.165, 1.54) is 0 Å². The SMILES string of the molecule is C#CC[N+]1(C)CC[C@@H](OC(=O)[C@](O)(c2ccccc2)C2CCCC2)C1. The minimum atomic E-state index is -1.55. The highest BCUT2D eigenvalue weighted by Gasteiger charge is 2.49. The molecule has 0 amide bonds. The molecule has 0 aromatic heterocycles. The van der Waals surface area contributed by atoms with E-state index in [1.807, 2.05) is 30.3 Å². The van der Waals surface area contributed by atoms with Crippen molar-refractivity contribution in [1.29, 1.82) is 0 Å². The summed E-state index contributed by atoms with van der Waals surface area (Å²) in [5.41, 5.74) is -0.902. The zero-order chi connectivity index (χ0) is 17.9. The maximum absolute atomic E-state index is 13.1. The van der Waals surface area contributed by atoms with E-state index in [-0.39, 0.29) is 12.0 Å². The summed E-state index contributed by atoms with van der Waals surface area (Å²) < 4.78 is 6.54. The minimum Gasteiger partial charge on any atom is -0.454 e. The van der Waals surface area contributed by atoms with Crippen molar-refractivity contribution >= 4 is 5.97 Å². The Morgan fingerprint density at radius 2 is 2.00 bits per heavy atom. The van der Waals surface area contributed by atoms with Crippen molar-refractivity contribution in [2.75, 3.05) is 26.7 Å². The first-order valence-corrected chi connectivity index (χ1v) is 9.24. The quantitative estimate of drug-likeness (QED) is 0.508. The van der Waals surface area contributed by atoms with Crippen LogP contribution in [0.25, 0.3) is 0 Å². The number of quaternary nitrogens is 1. The largest absolute Gasteiger partial charge is 0.454 e. The van der Waals surface area contributed by atoms with Crippen LogP contribution in [-0.2, 0) is 15.1 Å². The smallest absolute Gasteiger partial charge is 0.343 e. The van der Waals surface area contributed by atoms with Gasteiger partial charge in [-0.05, 0) is 24.3 Å². The number of aliphatic hydroxyl groups is 1. The number of benzene rings is 1. The Labute approximate surface area is 150 Å². The third-order valence-electron chi connectivity index (χ3n) is 5.85. The molecule has 3 atom stereocenters. The molecule has 0 spiro atoms. The molecule has 1 saturated carbocycles. The zero-order valence-electron chi connectivity index (χ0n) is 15.0. The maximum atomic E-state index is 13.1. The predicted octanol–water partition coefficient (Wildman–Crippen LogP) is 2.46. The number of hydrogen-bond donors (Lipinski definition) is 1. The molecule has 3 rings (SSSR count). The van der Waals surface area contributed by atoms with Gasteiger partial charge < -0.3 is 14.3 Å². The second-order valence-electron chi connectivity index (χ2n) is 7.82. The van der Waals surface area contributed by atoms with Crippen molar-refractivity contribution in [2.24, 2.45) is 5.92 Å². The number of likely N-dealkylation sites (N-methyl/N-ethyl adjacent to an activating group) is 1. The number of esters is 1. The fraction of sp³-hybridized carbons (Fsp3) is 0.571. The van der Waals surface area contributed by atoms with E-state index >= 15 is 0 Å². The fourth-order valence-corrected chi connectivity index (χ4v) is 4.39. The number of carbonyl (C=O) groups is 1. The molecule has 1 saturated heterocycles. The normalized spacial score (nSPS) is 29.1. The van der Waals surface area contributed by atoms with E-state index in [0.717, 1.165) is 43.1 Å². The van der Waals surface area contributed by atoms with E-state index < -0.39 is 11.6 Å². The molecule has 0 bridgehead atoms. The molecule has 1 unspecified atom stereocenters. The van der Waals surface area contributed by atoms with Gasteiger partial charge in [-0.25, -0.2) is 4.79 Å². The molecule has 134 valence electrons. The second-order valence-corrected chi connectivity index (χ2v) is 7.82. The number of likely N-dealkylation sites (tertiary alicyclic amines) is 1. The third-order valence-corrected chi connectivity index (χ3v) is 5.85. The third kappa shape index (κ3) is 3.58. The van der Waals surface area contributed by atoms with Gasteiger partial charge in [0.15, 0.2) is 11.7 Å². The number of rotatable bonds is 5. The average Bonchev–Trinajstić information content (AvgIpc) is 3.26. The van der Waals surface area contributed by atoms with Crippen LogP contribution in [0.2, 0.25) is 0 Å². The van der Waals surface area contributed by atoms with E-state index in [2.05, 4.69) is 13.0 Å². The molecule has 2 fully saturated rings. The van der Waals surface area contributed by atoms with Crippen molar-refractivity contribution in [3.8, 4) is 12.3 Å². The molecule has 25 heavy (non-hydrogen) atoms. The molecule has 4 nitrogen and oxygen atoms in total. The summed E-state index contributed by atoms with van der Waals surface area (Å²) in [6, 6.07) is 9.26. The van der Waals surface area contributed by atoms with Crippen LogP contribution in [0.1, 0.15) is 37.7 Å². The summed E-state index contributed by atoms with van der Waals surface area (Å²) in [6.07, 6.45) is 9.88. The van der Waals surface area contributed by atoms with Crippen molar-refractivity contribution in [1.82, 2.24) is 0 Å². The van der Waals surface area contributed by atoms with Crippen molar-refractivity contribution < 1.29 is 19.1 Å². The van der Waals surface area contributed by atoms with Gasteiger partial charge >= 0.3 is 5.97 Å². The summed E-state index contributed by atoms with van der Waals surface area (Å²) in [5.74, 6) is 2.14. The van der Waals surface area contributed by atoms with E-state index in [0.29, 0.717) is 18.7 Å². The molecule has 1 aliphatic carbocycles. The van der Waals surface area contributed by atoms with E-state index in [9.17, 15) is 9.90 Å². The first-order chi connectivity index (χ1) is 12.0. The molecule has 1 aromatic carbocycles. The van der Waals surface area contributed by atoms with Crippen molar-refractivity contribution in [3.63, 3.8) is 0 Å². The van der Waals surface area contributed by atoms with Crippen LogP contribution in [-0.4, -0.2) is 48.3 Å². The van der Waals surface area contributed by atoms with Crippen molar-refractivity contribution in [3.05, 3.63) is 35.9 Å². The van der Waals surface area contributed by atoms with Crippen LogP contribution in [0.15, 0.2) is 30.3 Å². The lowest BCUT2D eigenvalue weighted by Crippen LogP contribution is -2.46. The Morgan fingerprint density at radius 3 is 2.64 bits per heavy atom. The Bertz CT molecular complexity index is 647. The van der Waals surface area contributed by atoms with Crippen LogP contribution in [0.4, 0.5) is 0 Å². The monoisotopic (exact) mass is 342 g/mol. The van der Waals surface area contributed by atoms with E-state index in [4.69, 9.17) is 11.2 Å². The van der Waals surface area contributed by atoms with Crippen LogP contribution in [0, 0.1) is 18.3 Å². The lowest BCUT2D eigenvalue weighted by Gasteiger charge is -2.33. The van der Waals surface area contributed by atoms with Gasteiger partial charge in [0.05, 0.1) is 13.6 Å². The first-order valence-electron chi connectivity index (χ1n) is 9.24. The molecular formula is C21H28NO3+. The van der Waals surface area contributed by atoms with Gasteiger partial charge in [0, 0.05) is 12.3 Å². The van der Waals surface area contributed by atoms with Crippen LogP contribution in [0.3, 0.4) is 0 Å². The standard InChI is InChI=1S/C21H28NO3/c1-3-14-22(2)15-13-19(16-22)25-20(23)21(24,18-11-7-8-12-18)17-9-5-4-6-10-17/h1,4-6,9-10,18-19,24H,7-8,11-16H2,2H3/q+1/t19-,21+,22?/m1/s1. The molecule has 1 heterocycles. The van der Waals surface area contributed by atoms with Gasteiger partial charge in [0.1, 0.15) is 13.1 Å². The summed E-state index contributed by atoms with van der Waals surface area (Å²) in [5, 5.41) is 11.4. The number of hydrogen-bond acceptors (Lipinski definition) is 3.